The molecule has 3 atom stereocenters. The van der Waals surface area contributed by atoms with E-state index in [-0.39, 0.29) is 11.3 Å². The molecule has 2 aliphatic carbocycles. The Bertz CT molecular complexity index is 303. The third-order valence-corrected chi connectivity index (χ3v) is 4.97. The zero-order valence-corrected chi connectivity index (χ0v) is 10.1. The van der Waals surface area contributed by atoms with Gasteiger partial charge >= 0.3 is 0 Å². The van der Waals surface area contributed by atoms with E-state index >= 15 is 0 Å². The van der Waals surface area contributed by atoms with Crippen LogP contribution in [0.15, 0.2) is 0 Å². The summed E-state index contributed by atoms with van der Waals surface area (Å²) in [5, 5.41) is 13.0. The number of carbonyl (C=O) groups is 1. The van der Waals surface area contributed by atoms with Gasteiger partial charge in [-0.1, -0.05) is 13.8 Å². The lowest BCUT2D eigenvalue weighted by molar-refractivity contribution is -0.142. The molecule has 1 amide bonds. The summed E-state index contributed by atoms with van der Waals surface area (Å²) in [7, 11) is 0. The van der Waals surface area contributed by atoms with Gasteiger partial charge in [-0.25, -0.2) is 0 Å². The van der Waals surface area contributed by atoms with Crippen molar-refractivity contribution in [2.75, 3.05) is 13.1 Å². The molecule has 0 aromatic rings. The lowest BCUT2D eigenvalue weighted by atomic mass is 9.67. The highest BCUT2D eigenvalue weighted by Gasteiger charge is 2.67. The highest BCUT2D eigenvalue weighted by molar-refractivity contribution is 5.85. The fourth-order valence-electron chi connectivity index (χ4n) is 3.83. The summed E-state index contributed by atoms with van der Waals surface area (Å²) >= 11 is 0. The maximum Gasteiger partial charge on any atom is 0.229 e. The van der Waals surface area contributed by atoms with Crippen LogP contribution in [0, 0.1) is 16.7 Å². The minimum atomic E-state index is -0.577. The van der Waals surface area contributed by atoms with Crippen LogP contribution in [0.5, 0.6) is 0 Å². The Kier molecular flexibility index (Phi) is 2.75. The Hall–Kier alpha value is -0.610. The summed E-state index contributed by atoms with van der Waals surface area (Å²) in [4.78, 5) is 12.3. The van der Waals surface area contributed by atoms with Gasteiger partial charge in [0.1, 0.15) is 0 Å². The quantitative estimate of drug-likeness (QED) is 0.645. The standard InChI is InChI=1S/C12H22N2O2/c1-11(2)8-3-4-12(11,9(15)7-8)10(16)14-6-5-13/h8-9,15H,3-7,13H2,1-2H3,(H,14,16)/t8-,9+,12-/m0/s1. The molecule has 4 N–H and O–H groups in total. The van der Waals surface area contributed by atoms with Gasteiger partial charge in [0.05, 0.1) is 11.5 Å². The summed E-state index contributed by atoms with van der Waals surface area (Å²) in [5.74, 6) is 0.474. The van der Waals surface area contributed by atoms with Crippen molar-refractivity contribution in [3.05, 3.63) is 0 Å². The van der Waals surface area contributed by atoms with Crippen LogP contribution in [0.3, 0.4) is 0 Å². The molecule has 2 aliphatic rings. The molecule has 4 nitrogen and oxygen atoms in total. The Morgan fingerprint density at radius 3 is 2.69 bits per heavy atom. The van der Waals surface area contributed by atoms with Crippen molar-refractivity contribution in [1.82, 2.24) is 5.32 Å². The Labute approximate surface area is 96.6 Å². The lowest BCUT2D eigenvalue weighted by Gasteiger charge is -2.38. The zero-order valence-electron chi connectivity index (χ0n) is 10.1. The maximum atomic E-state index is 12.3. The first-order valence-electron chi connectivity index (χ1n) is 6.13. The highest BCUT2D eigenvalue weighted by atomic mass is 16.3. The van der Waals surface area contributed by atoms with Crippen LogP contribution in [0.2, 0.25) is 0 Å². The molecule has 0 aliphatic heterocycles. The predicted octanol–water partition coefficient (Wildman–Crippen LogP) is 0.249. The molecular weight excluding hydrogens is 204 g/mol. The lowest BCUT2D eigenvalue weighted by Crippen LogP contribution is -2.52. The SMILES string of the molecule is CC1(C)[C@H]2CC[C@@]1(C(=O)NCCN)[C@H](O)C2. The largest absolute Gasteiger partial charge is 0.392 e. The molecule has 2 saturated carbocycles. The van der Waals surface area contributed by atoms with Crippen LogP contribution in [-0.4, -0.2) is 30.2 Å². The minimum absolute atomic E-state index is 0.00421. The Morgan fingerprint density at radius 1 is 1.56 bits per heavy atom. The van der Waals surface area contributed by atoms with Crippen molar-refractivity contribution in [1.29, 1.82) is 0 Å². The summed E-state index contributed by atoms with van der Waals surface area (Å²) in [6.07, 6.45) is 2.14. The van der Waals surface area contributed by atoms with Crippen molar-refractivity contribution in [3.63, 3.8) is 0 Å². The van der Waals surface area contributed by atoms with E-state index in [9.17, 15) is 9.90 Å². The van der Waals surface area contributed by atoms with Gasteiger partial charge in [0, 0.05) is 13.1 Å². The molecule has 0 aromatic carbocycles. The molecule has 0 aromatic heterocycles. The van der Waals surface area contributed by atoms with Crippen molar-refractivity contribution >= 4 is 5.91 Å². The van der Waals surface area contributed by atoms with E-state index in [1.54, 1.807) is 0 Å². The van der Waals surface area contributed by atoms with Gasteiger partial charge < -0.3 is 16.2 Å². The number of nitrogens with two attached hydrogens (primary N) is 1. The van der Waals surface area contributed by atoms with Crippen molar-refractivity contribution in [2.45, 2.75) is 39.2 Å². The van der Waals surface area contributed by atoms with Crippen molar-refractivity contribution in [2.24, 2.45) is 22.5 Å². The molecule has 0 unspecified atom stereocenters. The average molecular weight is 226 g/mol. The summed E-state index contributed by atoms with van der Waals surface area (Å²) < 4.78 is 0. The second-order valence-corrected chi connectivity index (χ2v) is 5.72. The second-order valence-electron chi connectivity index (χ2n) is 5.72. The molecule has 2 fully saturated rings. The molecule has 92 valence electrons. The summed E-state index contributed by atoms with van der Waals surface area (Å²) in [6.45, 7) is 5.17. The summed E-state index contributed by atoms with van der Waals surface area (Å²) in [5.41, 5.74) is 4.73. The van der Waals surface area contributed by atoms with Gasteiger partial charge in [-0.15, -0.1) is 0 Å². The molecule has 16 heavy (non-hydrogen) atoms. The van der Waals surface area contributed by atoms with Gasteiger partial charge in [0.25, 0.3) is 0 Å². The van der Waals surface area contributed by atoms with Crippen LogP contribution in [0.25, 0.3) is 0 Å². The van der Waals surface area contributed by atoms with E-state index < -0.39 is 11.5 Å². The number of nitrogens with one attached hydrogen (secondary N) is 1. The summed E-state index contributed by atoms with van der Waals surface area (Å²) in [6, 6.07) is 0. The number of fused-ring (bicyclic) bond motifs is 2. The normalized spacial score (nSPS) is 40.0. The number of rotatable bonds is 3. The second kappa shape index (κ2) is 3.70. The molecule has 0 spiro atoms. The van der Waals surface area contributed by atoms with E-state index in [0.29, 0.717) is 19.0 Å². The molecule has 4 heteroatoms. The van der Waals surface area contributed by atoms with Crippen molar-refractivity contribution < 1.29 is 9.90 Å². The number of hydrogen-bond acceptors (Lipinski definition) is 3. The molecular formula is C12H22N2O2. The minimum Gasteiger partial charge on any atom is -0.392 e. The van der Waals surface area contributed by atoms with E-state index in [1.165, 1.54) is 0 Å². The van der Waals surface area contributed by atoms with Gasteiger partial charge in [-0.3, -0.25) is 4.79 Å². The number of hydrogen-bond donors (Lipinski definition) is 3. The molecule has 2 bridgehead atoms. The van der Waals surface area contributed by atoms with Crippen LogP contribution >= 0.6 is 0 Å². The van der Waals surface area contributed by atoms with E-state index in [1.807, 2.05) is 0 Å². The third-order valence-electron chi connectivity index (χ3n) is 4.97. The third kappa shape index (κ3) is 1.26. The monoisotopic (exact) mass is 226 g/mol. The highest BCUT2D eigenvalue weighted by Crippen LogP contribution is 2.65. The fraction of sp³-hybridized carbons (Fsp3) is 0.917. The van der Waals surface area contributed by atoms with Crippen LogP contribution in [0.1, 0.15) is 33.1 Å². The van der Waals surface area contributed by atoms with Gasteiger partial charge in [-0.2, -0.15) is 0 Å². The van der Waals surface area contributed by atoms with E-state index in [2.05, 4.69) is 19.2 Å². The van der Waals surface area contributed by atoms with E-state index in [0.717, 1.165) is 19.3 Å². The fourth-order valence-corrected chi connectivity index (χ4v) is 3.83. The van der Waals surface area contributed by atoms with Gasteiger partial charge in [-0.05, 0) is 30.6 Å². The first-order chi connectivity index (χ1) is 7.46. The first-order valence-corrected chi connectivity index (χ1v) is 6.13. The smallest absolute Gasteiger partial charge is 0.229 e. The number of aliphatic hydroxyl groups is 1. The zero-order chi connectivity index (χ0) is 12.0. The number of amides is 1. The number of aliphatic hydroxyl groups excluding tert-OH is 1. The van der Waals surface area contributed by atoms with Crippen molar-refractivity contribution in [3.8, 4) is 0 Å². The van der Waals surface area contributed by atoms with Crippen LogP contribution in [-0.2, 0) is 4.79 Å². The molecule has 2 rings (SSSR count). The maximum absolute atomic E-state index is 12.3. The predicted molar refractivity (Wildman–Crippen MR) is 61.6 cm³/mol. The van der Waals surface area contributed by atoms with Gasteiger partial charge in [0.15, 0.2) is 0 Å². The Balaban J connectivity index is 2.24. The molecule has 0 heterocycles. The topological polar surface area (TPSA) is 75.4 Å². The Morgan fingerprint density at radius 2 is 2.25 bits per heavy atom. The van der Waals surface area contributed by atoms with Gasteiger partial charge in [0.2, 0.25) is 5.91 Å². The number of carbonyl (C=O) groups excluding carboxylic acids is 1. The first kappa shape index (κ1) is 11.9. The average Bonchev–Trinajstić information content (AvgIpc) is 2.59. The molecule has 0 radical (unpaired) electrons. The van der Waals surface area contributed by atoms with Crippen LogP contribution in [0.4, 0.5) is 0 Å². The van der Waals surface area contributed by atoms with E-state index in [4.69, 9.17) is 5.73 Å². The molecule has 0 saturated heterocycles. The van der Waals surface area contributed by atoms with Crippen LogP contribution < -0.4 is 11.1 Å².